The number of rotatable bonds is 7. The molecule has 1 aromatic carbocycles. The molecule has 0 aliphatic rings. The van der Waals surface area contributed by atoms with Crippen molar-refractivity contribution >= 4 is 28.5 Å². The van der Waals surface area contributed by atoms with Gasteiger partial charge in [-0.15, -0.1) is 0 Å². The third-order valence-electron chi connectivity index (χ3n) is 3.07. The Labute approximate surface area is 118 Å². The number of hydrogen-bond donors (Lipinski definition) is 2. The summed E-state index contributed by atoms with van der Waals surface area (Å²) in [6, 6.07) is 5.91. The topological polar surface area (TPSA) is 64.1 Å². The van der Waals surface area contributed by atoms with Crippen LogP contribution in [0.25, 0.3) is 11.0 Å². The summed E-state index contributed by atoms with van der Waals surface area (Å²) < 4.78 is 2.28. The number of nitrogen functional groups attached to an aromatic ring is 1. The molecule has 5 heteroatoms. The summed E-state index contributed by atoms with van der Waals surface area (Å²) in [5, 5.41) is 8.76. The highest BCUT2D eigenvalue weighted by Crippen LogP contribution is 2.20. The molecule has 1 aromatic heterocycles. The zero-order valence-electron chi connectivity index (χ0n) is 11.3. The molecule has 104 valence electrons. The second-order valence-corrected chi connectivity index (χ2v) is 5.70. The van der Waals surface area contributed by atoms with E-state index in [0.717, 1.165) is 53.4 Å². The van der Waals surface area contributed by atoms with Gasteiger partial charge in [-0.25, -0.2) is 4.98 Å². The number of hydrogen-bond acceptors (Lipinski definition) is 4. The van der Waals surface area contributed by atoms with E-state index in [1.807, 2.05) is 23.9 Å². The van der Waals surface area contributed by atoms with Gasteiger partial charge in [0.2, 0.25) is 0 Å². The Morgan fingerprint density at radius 2 is 2.21 bits per heavy atom. The maximum atomic E-state index is 8.76. The summed E-state index contributed by atoms with van der Waals surface area (Å²) in [6.07, 6.45) is 1.79. The van der Waals surface area contributed by atoms with Crippen LogP contribution < -0.4 is 5.73 Å². The Bertz CT molecular complexity index is 539. The molecule has 0 unspecified atom stereocenters. The van der Waals surface area contributed by atoms with Gasteiger partial charge in [-0.3, -0.25) is 0 Å². The van der Waals surface area contributed by atoms with E-state index in [1.165, 1.54) is 0 Å². The Kier molecular flexibility index (Phi) is 5.10. The summed E-state index contributed by atoms with van der Waals surface area (Å²) in [6.45, 7) is 3.36. The number of fused-ring (bicyclic) bond motifs is 1. The van der Waals surface area contributed by atoms with Gasteiger partial charge < -0.3 is 15.4 Å². The van der Waals surface area contributed by atoms with Gasteiger partial charge in [-0.2, -0.15) is 11.8 Å². The number of aliphatic hydroxyl groups is 1. The predicted molar refractivity (Wildman–Crippen MR) is 82.6 cm³/mol. The summed E-state index contributed by atoms with van der Waals surface area (Å²) in [5.74, 6) is 3.17. The lowest BCUT2D eigenvalue weighted by Crippen LogP contribution is -2.05. The van der Waals surface area contributed by atoms with Crippen LogP contribution in [0.15, 0.2) is 18.2 Å². The largest absolute Gasteiger partial charge is 0.399 e. The summed E-state index contributed by atoms with van der Waals surface area (Å²) in [7, 11) is 0. The van der Waals surface area contributed by atoms with Crippen molar-refractivity contribution in [2.45, 2.75) is 26.3 Å². The maximum absolute atomic E-state index is 8.76. The molecule has 0 atom stereocenters. The number of aromatic nitrogens is 2. The molecule has 4 nitrogen and oxygen atoms in total. The molecule has 0 aliphatic heterocycles. The molecule has 0 radical (unpaired) electrons. The zero-order valence-corrected chi connectivity index (χ0v) is 12.1. The SMILES string of the molecule is CCc1nc2cc(N)ccc2n1CCSCCCO. The van der Waals surface area contributed by atoms with Crippen molar-refractivity contribution in [2.75, 3.05) is 23.8 Å². The molecular weight excluding hydrogens is 258 g/mol. The fourth-order valence-electron chi connectivity index (χ4n) is 2.14. The summed E-state index contributed by atoms with van der Waals surface area (Å²) >= 11 is 1.87. The standard InChI is InChI=1S/C14H21N3OS/c1-2-14-16-12-10-11(15)4-5-13(12)17(14)6-9-19-8-3-7-18/h4-5,10,18H,2-3,6-9,15H2,1H3. The predicted octanol–water partition coefficient (Wildman–Crippen LogP) is 2.30. The minimum Gasteiger partial charge on any atom is -0.399 e. The highest BCUT2D eigenvalue weighted by atomic mass is 32.2. The third-order valence-corrected chi connectivity index (χ3v) is 4.12. The third kappa shape index (κ3) is 3.42. The number of imidazole rings is 1. The van der Waals surface area contributed by atoms with Gasteiger partial charge in [0, 0.05) is 31.0 Å². The van der Waals surface area contributed by atoms with Crippen molar-refractivity contribution in [1.29, 1.82) is 0 Å². The van der Waals surface area contributed by atoms with Crippen molar-refractivity contribution in [3.05, 3.63) is 24.0 Å². The van der Waals surface area contributed by atoms with E-state index in [4.69, 9.17) is 10.8 Å². The van der Waals surface area contributed by atoms with Gasteiger partial charge in [0.15, 0.2) is 0 Å². The second-order valence-electron chi connectivity index (χ2n) is 4.47. The lowest BCUT2D eigenvalue weighted by atomic mass is 10.3. The average molecular weight is 279 g/mol. The van der Waals surface area contributed by atoms with E-state index < -0.39 is 0 Å². The lowest BCUT2D eigenvalue weighted by molar-refractivity contribution is 0.296. The normalized spacial score (nSPS) is 11.3. The quantitative estimate of drug-likeness (QED) is 0.603. The molecule has 19 heavy (non-hydrogen) atoms. The van der Waals surface area contributed by atoms with Gasteiger partial charge >= 0.3 is 0 Å². The molecule has 0 aliphatic carbocycles. The monoisotopic (exact) mass is 279 g/mol. The van der Waals surface area contributed by atoms with Crippen molar-refractivity contribution in [2.24, 2.45) is 0 Å². The molecule has 0 bridgehead atoms. The number of nitrogens with zero attached hydrogens (tertiary/aromatic N) is 2. The molecule has 1 heterocycles. The highest BCUT2D eigenvalue weighted by molar-refractivity contribution is 7.99. The van der Waals surface area contributed by atoms with Crippen LogP contribution in [0.5, 0.6) is 0 Å². The van der Waals surface area contributed by atoms with Gasteiger partial charge in [0.25, 0.3) is 0 Å². The number of benzene rings is 1. The van der Waals surface area contributed by atoms with Crippen LogP contribution in [-0.4, -0.2) is 32.8 Å². The van der Waals surface area contributed by atoms with Crippen LogP contribution in [0.3, 0.4) is 0 Å². The van der Waals surface area contributed by atoms with Crippen LogP contribution >= 0.6 is 11.8 Å². The molecule has 0 spiro atoms. The van der Waals surface area contributed by atoms with Gasteiger partial charge in [-0.05, 0) is 30.4 Å². The van der Waals surface area contributed by atoms with Crippen LogP contribution in [0, 0.1) is 0 Å². The van der Waals surface area contributed by atoms with E-state index >= 15 is 0 Å². The van der Waals surface area contributed by atoms with Gasteiger partial charge in [0.05, 0.1) is 11.0 Å². The minimum absolute atomic E-state index is 0.278. The maximum Gasteiger partial charge on any atom is 0.109 e. The zero-order chi connectivity index (χ0) is 13.7. The van der Waals surface area contributed by atoms with Crippen molar-refractivity contribution in [3.63, 3.8) is 0 Å². The fourth-order valence-corrected chi connectivity index (χ4v) is 2.99. The highest BCUT2D eigenvalue weighted by Gasteiger charge is 2.09. The number of aliphatic hydroxyl groups excluding tert-OH is 1. The van der Waals surface area contributed by atoms with E-state index in [2.05, 4.69) is 22.5 Å². The molecule has 0 saturated carbocycles. The van der Waals surface area contributed by atoms with Crippen LogP contribution in [0.4, 0.5) is 5.69 Å². The average Bonchev–Trinajstić information content (AvgIpc) is 2.75. The molecule has 0 amide bonds. The van der Waals surface area contributed by atoms with Gasteiger partial charge in [0.1, 0.15) is 5.82 Å². The second kappa shape index (κ2) is 6.82. The number of aryl methyl sites for hydroxylation is 2. The molecule has 0 saturated heterocycles. The van der Waals surface area contributed by atoms with E-state index in [1.54, 1.807) is 0 Å². The summed E-state index contributed by atoms with van der Waals surface area (Å²) in [5.41, 5.74) is 8.71. The number of thioether (sulfide) groups is 1. The number of nitrogens with two attached hydrogens (primary N) is 1. The van der Waals surface area contributed by atoms with Crippen LogP contribution in [-0.2, 0) is 13.0 Å². The molecule has 2 rings (SSSR count). The Balaban J connectivity index is 2.11. The van der Waals surface area contributed by atoms with Gasteiger partial charge in [-0.1, -0.05) is 6.92 Å². The first-order valence-corrected chi connectivity index (χ1v) is 7.85. The first kappa shape index (κ1) is 14.2. The molecular formula is C14H21N3OS. The Hall–Kier alpha value is -1.20. The fraction of sp³-hybridized carbons (Fsp3) is 0.500. The van der Waals surface area contributed by atoms with Crippen LogP contribution in [0.2, 0.25) is 0 Å². The first-order chi connectivity index (χ1) is 9.26. The Morgan fingerprint density at radius 1 is 1.37 bits per heavy atom. The van der Waals surface area contributed by atoms with E-state index in [9.17, 15) is 0 Å². The van der Waals surface area contributed by atoms with Crippen molar-refractivity contribution in [3.8, 4) is 0 Å². The minimum atomic E-state index is 0.278. The smallest absolute Gasteiger partial charge is 0.109 e. The van der Waals surface area contributed by atoms with Crippen molar-refractivity contribution in [1.82, 2.24) is 9.55 Å². The first-order valence-electron chi connectivity index (χ1n) is 6.69. The molecule has 3 N–H and O–H groups in total. The Morgan fingerprint density at radius 3 is 2.95 bits per heavy atom. The molecule has 2 aromatic rings. The summed E-state index contributed by atoms with van der Waals surface area (Å²) in [4.78, 5) is 4.64. The van der Waals surface area contributed by atoms with E-state index in [0.29, 0.717) is 0 Å². The molecule has 0 fully saturated rings. The van der Waals surface area contributed by atoms with Crippen LogP contribution in [0.1, 0.15) is 19.2 Å². The lowest BCUT2D eigenvalue weighted by Gasteiger charge is -2.07. The number of anilines is 1. The van der Waals surface area contributed by atoms with Crippen molar-refractivity contribution < 1.29 is 5.11 Å². The van der Waals surface area contributed by atoms with E-state index in [-0.39, 0.29) is 6.61 Å².